The SMILES string of the molecule is CC(C)(C)OCC(=O)Nc1cccc2ccncc12. The molecule has 1 amide bonds. The van der Waals surface area contributed by atoms with Gasteiger partial charge in [-0.15, -0.1) is 0 Å². The Balaban J connectivity index is 2.11. The summed E-state index contributed by atoms with van der Waals surface area (Å²) < 4.78 is 5.45. The van der Waals surface area contributed by atoms with Gasteiger partial charge in [0.2, 0.25) is 5.91 Å². The van der Waals surface area contributed by atoms with Crippen LogP contribution in [0.5, 0.6) is 0 Å². The Hall–Kier alpha value is -1.94. The van der Waals surface area contributed by atoms with Crippen LogP contribution >= 0.6 is 0 Å². The lowest BCUT2D eigenvalue weighted by Crippen LogP contribution is -2.27. The minimum Gasteiger partial charge on any atom is -0.366 e. The quantitative estimate of drug-likeness (QED) is 0.920. The molecule has 0 unspecified atom stereocenters. The molecule has 1 heterocycles. The van der Waals surface area contributed by atoms with Crippen molar-refractivity contribution < 1.29 is 9.53 Å². The maximum absolute atomic E-state index is 11.8. The molecule has 2 aromatic rings. The Morgan fingerprint density at radius 2 is 2.11 bits per heavy atom. The number of nitrogens with zero attached hydrogens (tertiary/aromatic N) is 1. The number of nitrogens with one attached hydrogen (secondary N) is 1. The molecule has 4 heteroatoms. The fourth-order valence-corrected chi connectivity index (χ4v) is 1.69. The van der Waals surface area contributed by atoms with Crippen LogP contribution in [0, 0.1) is 0 Å². The van der Waals surface area contributed by atoms with Crippen molar-refractivity contribution in [2.75, 3.05) is 11.9 Å². The van der Waals surface area contributed by atoms with E-state index in [0.717, 1.165) is 16.5 Å². The number of pyridine rings is 1. The molecule has 0 aliphatic carbocycles. The van der Waals surface area contributed by atoms with Crippen LogP contribution in [0.3, 0.4) is 0 Å². The number of carbonyl (C=O) groups excluding carboxylic acids is 1. The van der Waals surface area contributed by atoms with Crippen molar-refractivity contribution in [1.82, 2.24) is 4.98 Å². The lowest BCUT2D eigenvalue weighted by molar-refractivity contribution is -0.125. The molecule has 0 radical (unpaired) electrons. The number of hydrogen-bond acceptors (Lipinski definition) is 3. The smallest absolute Gasteiger partial charge is 0.250 e. The van der Waals surface area contributed by atoms with Gasteiger partial charge in [0.25, 0.3) is 0 Å². The second-order valence-corrected chi connectivity index (χ2v) is 5.35. The van der Waals surface area contributed by atoms with Crippen LogP contribution in [-0.4, -0.2) is 23.1 Å². The highest BCUT2D eigenvalue weighted by atomic mass is 16.5. The third-order valence-corrected chi connectivity index (χ3v) is 2.59. The standard InChI is InChI=1S/C15H18N2O2/c1-15(2,3)19-10-14(18)17-13-6-4-5-11-7-8-16-9-12(11)13/h4-9H,10H2,1-3H3,(H,17,18). The molecule has 0 aliphatic rings. The summed E-state index contributed by atoms with van der Waals surface area (Å²) in [5.74, 6) is -0.161. The molecule has 1 aromatic heterocycles. The van der Waals surface area contributed by atoms with E-state index in [0.29, 0.717) is 0 Å². The topological polar surface area (TPSA) is 51.2 Å². The summed E-state index contributed by atoms with van der Waals surface area (Å²) in [6.07, 6.45) is 3.48. The fraction of sp³-hybridized carbons (Fsp3) is 0.333. The number of ether oxygens (including phenoxy) is 1. The van der Waals surface area contributed by atoms with Crippen LogP contribution in [0.2, 0.25) is 0 Å². The fourth-order valence-electron chi connectivity index (χ4n) is 1.69. The van der Waals surface area contributed by atoms with Crippen LogP contribution in [-0.2, 0) is 9.53 Å². The summed E-state index contributed by atoms with van der Waals surface area (Å²) in [4.78, 5) is 15.9. The molecule has 4 nitrogen and oxygen atoms in total. The molecule has 0 spiro atoms. The van der Waals surface area contributed by atoms with Crippen molar-refractivity contribution >= 4 is 22.4 Å². The largest absolute Gasteiger partial charge is 0.366 e. The molecule has 1 aromatic carbocycles. The van der Waals surface area contributed by atoms with Crippen molar-refractivity contribution in [3.05, 3.63) is 36.7 Å². The summed E-state index contributed by atoms with van der Waals surface area (Å²) in [5, 5.41) is 4.82. The number of aromatic nitrogens is 1. The highest BCUT2D eigenvalue weighted by Gasteiger charge is 2.13. The van der Waals surface area contributed by atoms with E-state index in [4.69, 9.17) is 4.74 Å². The van der Waals surface area contributed by atoms with E-state index in [1.54, 1.807) is 12.4 Å². The summed E-state index contributed by atoms with van der Waals surface area (Å²) in [6.45, 7) is 5.80. The number of carbonyl (C=O) groups is 1. The number of hydrogen-bond donors (Lipinski definition) is 1. The van der Waals surface area contributed by atoms with Gasteiger partial charge >= 0.3 is 0 Å². The van der Waals surface area contributed by atoms with Crippen molar-refractivity contribution in [3.8, 4) is 0 Å². The Morgan fingerprint density at radius 3 is 2.84 bits per heavy atom. The molecule has 1 N–H and O–H groups in total. The van der Waals surface area contributed by atoms with Crippen molar-refractivity contribution in [2.45, 2.75) is 26.4 Å². The van der Waals surface area contributed by atoms with E-state index >= 15 is 0 Å². The summed E-state index contributed by atoms with van der Waals surface area (Å²) >= 11 is 0. The molecule has 0 aliphatic heterocycles. The van der Waals surface area contributed by atoms with Gasteiger partial charge in [-0.25, -0.2) is 0 Å². The number of amides is 1. The number of rotatable bonds is 3. The highest BCUT2D eigenvalue weighted by Crippen LogP contribution is 2.21. The molecule has 19 heavy (non-hydrogen) atoms. The van der Waals surface area contributed by atoms with E-state index in [-0.39, 0.29) is 18.1 Å². The van der Waals surface area contributed by atoms with Gasteiger partial charge in [0.05, 0.1) is 11.3 Å². The van der Waals surface area contributed by atoms with Crippen molar-refractivity contribution in [1.29, 1.82) is 0 Å². The summed E-state index contributed by atoms with van der Waals surface area (Å²) in [5.41, 5.74) is 0.436. The lowest BCUT2D eigenvalue weighted by Gasteiger charge is -2.19. The Labute approximate surface area is 112 Å². The van der Waals surface area contributed by atoms with Gasteiger partial charge in [-0.05, 0) is 38.3 Å². The van der Waals surface area contributed by atoms with Crippen LogP contribution in [0.1, 0.15) is 20.8 Å². The zero-order chi connectivity index (χ0) is 13.9. The van der Waals surface area contributed by atoms with Crippen LogP contribution in [0.25, 0.3) is 10.8 Å². The third-order valence-electron chi connectivity index (χ3n) is 2.59. The number of benzene rings is 1. The molecular formula is C15H18N2O2. The predicted octanol–water partition coefficient (Wildman–Crippen LogP) is 2.99. The minimum absolute atomic E-state index is 0.0418. The Morgan fingerprint density at radius 1 is 1.32 bits per heavy atom. The first kappa shape index (κ1) is 13.5. The zero-order valence-corrected chi connectivity index (χ0v) is 11.4. The average molecular weight is 258 g/mol. The molecule has 100 valence electrons. The Kier molecular flexibility index (Phi) is 3.81. The molecule has 0 fully saturated rings. The van der Waals surface area contributed by atoms with E-state index in [2.05, 4.69) is 10.3 Å². The van der Waals surface area contributed by atoms with Crippen LogP contribution < -0.4 is 5.32 Å². The van der Waals surface area contributed by atoms with Gasteiger partial charge in [0.1, 0.15) is 6.61 Å². The van der Waals surface area contributed by atoms with E-state index in [9.17, 15) is 4.79 Å². The van der Waals surface area contributed by atoms with E-state index < -0.39 is 0 Å². The van der Waals surface area contributed by atoms with Gasteiger partial charge in [0.15, 0.2) is 0 Å². The van der Waals surface area contributed by atoms with Gasteiger partial charge in [0, 0.05) is 17.8 Å². The van der Waals surface area contributed by atoms with E-state index in [1.165, 1.54) is 0 Å². The molecule has 0 bridgehead atoms. The number of fused-ring (bicyclic) bond motifs is 1. The predicted molar refractivity (Wildman–Crippen MR) is 76.1 cm³/mol. The van der Waals surface area contributed by atoms with Crippen molar-refractivity contribution in [2.24, 2.45) is 0 Å². The molecular weight excluding hydrogens is 240 g/mol. The molecule has 0 saturated carbocycles. The first-order valence-corrected chi connectivity index (χ1v) is 6.22. The average Bonchev–Trinajstić information content (AvgIpc) is 2.36. The number of anilines is 1. The summed E-state index contributed by atoms with van der Waals surface area (Å²) in [6, 6.07) is 7.66. The second-order valence-electron chi connectivity index (χ2n) is 5.35. The van der Waals surface area contributed by atoms with E-state index in [1.807, 2.05) is 45.0 Å². The first-order chi connectivity index (χ1) is 8.96. The van der Waals surface area contributed by atoms with Gasteiger partial charge in [-0.3, -0.25) is 9.78 Å². The second kappa shape index (κ2) is 5.36. The molecule has 2 rings (SSSR count). The maximum atomic E-state index is 11.8. The summed E-state index contributed by atoms with van der Waals surface area (Å²) in [7, 11) is 0. The minimum atomic E-state index is -0.322. The van der Waals surface area contributed by atoms with Crippen LogP contribution in [0.15, 0.2) is 36.7 Å². The normalized spacial score (nSPS) is 11.5. The van der Waals surface area contributed by atoms with Gasteiger partial charge in [-0.2, -0.15) is 0 Å². The third kappa shape index (κ3) is 3.76. The first-order valence-electron chi connectivity index (χ1n) is 6.22. The van der Waals surface area contributed by atoms with Gasteiger partial charge < -0.3 is 10.1 Å². The highest BCUT2D eigenvalue weighted by molar-refractivity contribution is 6.02. The Bertz CT molecular complexity index is 583. The molecule has 0 atom stereocenters. The van der Waals surface area contributed by atoms with Crippen LogP contribution in [0.4, 0.5) is 5.69 Å². The van der Waals surface area contributed by atoms with Crippen molar-refractivity contribution in [3.63, 3.8) is 0 Å². The monoisotopic (exact) mass is 258 g/mol. The zero-order valence-electron chi connectivity index (χ0n) is 11.4. The molecule has 0 saturated heterocycles. The lowest BCUT2D eigenvalue weighted by atomic mass is 10.1. The van der Waals surface area contributed by atoms with Gasteiger partial charge in [-0.1, -0.05) is 12.1 Å². The maximum Gasteiger partial charge on any atom is 0.250 e.